The van der Waals surface area contributed by atoms with E-state index < -0.39 is 19.1 Å². The van der Waals surface area contributed by atoms with Gasteiger partial charge in [-0.15, -0.1) is 11.3 Å². The maximum atomic E-state index is 11.4. The van der Waals surface area contributed by atoms with Crippen LogP contribution in [0.4, 0.5) is 0 Å². The average Bonchev–Trinajstić information content (AvgIpc) is 2.76. The number of likely N-dealkylation sites (N-methyl/N-ethyl adjacent to an activating group) is 1. The predicted octanol–water partition coefficient (Wildman–Crippen LogP) is 0.821. The van der Waals surface area contributed by atoms with Gasteiger partial charge in [0.1, 0.15) is 0 Å². The zero-order valence-corrected chi connectivity index (χ0v) is 10.7. The molecule has 1 fully saturated rings. The van der Waals surface area contributed by atoms with Gasteiger partial charge in [0.2, 0.25) is 0 Å². The first-order valence-corrected chi connectivity index (χ1v) is 6.30. The molecule has 0 radical (unpaired) electrons. The number of nitrogens with zero attached hydrogens (tertiary/aromatic N) is 1. The van der Waals surface area contributed by atoms with Crippen molar-refractivity contribution in [3.63, 3.8) is 0 Å². The second-order valence-corrected chi connectivity index (χ2v) is 4.87. The summed E-state index contributed by atoms with van der Waals surface area (Å²) in [6, 6.07) is 3.83. The van der Waals surface area contributed by atoms with E-state index in [1.54, 1.807) is 35.3 Å². The molecule has 0 saturated carbocycles. The summed E-state index contributed by atoms with van der Waals surface area (Å²) in [7, 11) is 0.713. The Labute approximate surface area is 109 Å². The molecule has 1 aliphatic heterocycles. The van der Waals surface area contributed by atoms with Crippen LogP contribution in [0.1, 0.15) is 4.88 Å². The predicted molar refractivity (Wildman–Crippen MR) is 68.8 cm³/mol. The highest BCUT2D eigenvalue weighted by Gasteiger charge is 2.29. The van der Waals surface area contributed by atoms with E-state index in [4.69, 9.17) is 9.31 Å². The molecule has 2 rings (SSSR count). The highest BCUT2D eigenvalue weighted by atomic mass is 32.1. The summed E-state index contributed by atoms with van der Waals surface area (Å²) >= 11 is 1.55. The third-order valence-corrected chi connectivity index (χ3v) is 3.09. The Morgan fingerprint density at radius 1 is 1.33 bits per heavy atom. The maximum Gasteiger partial charge on any atom is 0.628 e. The number of carbonyl (C=O) groups is 2. The summed E-state index contributed by atoms with van der Waals surface area (Å²) in [5, 5.41) is 1.94. The minimum atomic E-state index is -0.944. The van der Waals surface area contributed by atoms with E-state index in [1.807, 2.05) is 17.5 Å². The van der Waals surface area contributed by atoms with Gasteiger partial charge in [0.25, 0.3) is 0 Å². The third kappa shape index (κ3) is 3.71. The van der Waals surface area contributed by atoms with Gasteiger partial charge in [0, 0.05) is 4.88 Å². The molecule has 0 aromatic carbocycles. The number of rotatable bonds is 2. The van der Waals surface area contributed by atoms with Crippen LogP contribution in [0.25, 0.3) is 6.08 Å². The van der Waals surface area contributed by atoms with Crippen molar-refractivity contribution in [1.29, 1.82) is 0 Å². The van der Waals surface area contributed by atoms with Gasteiger partial charge < -0.3 is 9.31 Å². The van der Waals surface area contributed by atoms with E-state index in [2.05, 4.69) is 0 Å². The van der Waals surface area contributed by atoms with Crippen molar-refractivity contribution in [2.24, 2.45) is 0 Å². The number of thiophene rings is 1. The fraction of sp³-hybridized carbons (Fsp3) is 0.273. The van der Waals surface area contributed by atoms with Gasteiger partial charge in [-0.3, -0.25) is 14.5 Å². The van der Waals surface area contributed by atoms with E-state index in [9.17, 15) is 9.59 Å². The Kier molecular flexibility index (Phi) is 4.17. The van der Waals surface area contributed by atoms with Crippen molar-refractivity contribution >= 4 is 36.5 Å². The van der Waals surface area contributed by atoms with Crippen molar-refractivity contribution < 1.29 is 18.9 Å². The van der Waals surface area contributed by atoms with Gasteiger partial charge in [0.15, 0.2) is 0 Å². The minimum Gasteiger partial charge on any atom is -0.495 e. The minimum absolute atomic E-state index is 0.0818. The summed E-state index contributed by atoms with van der Waals surface area (Å²) in [5.41, 5.74) is 0. The van der Waals surface area contributed by atoms with Crippen LogP contribution < -0.4 is 0 Å². The summed E-state index contributed by atoms with van der Waals surface area (Å²) in [6.45, 7) is 0.164. The van der Waals surface area contributed by atoms with Gasteiger partial charge in [-0.25, -0.2) is 0 Å². The quantitative estimate of drug-likeness (QED) is 0.741. The van der Waals surface area contributed by atoms with Gasteiger partial charge in [0.05, 0.1) is 13.1 Å². The molecule has 1 aliphatic rings. The maximum absolute atomic E-state index is 11.4. The highest BCUT2D eigenvalue weighted by Crippen LogP contribution is 2.11. The molecule has 0 bridgehead atoms. The van der Waals surface area contributed by atoms with Gasteiger partial charge in [-0.2, -0.15) is 0 Å². The molecule has 1 aromatic heterocycles. The Morgan fingerprint density at radius 2 is 2.00 bits per heavy atom. The summed E-state index contributed by atoms with van der Waals surface area (Å²) in [4.78, 5) is 25.4. The van der Waals surface area contributed by atoms with E-state index in [-0.39, 0.29) is 13.1 Å². The smallest absolute Gasteiger partial charge is 0.495 e. The zero-order chi connectivity index (χ0) is 13.0. The molecule has 5 nitrogen and oxygen atoms in total. The highest BCUT2D eigenvalue weighted by molar-refractivity contribution is 7.10. The topological polar surface area (TPSA) is 55.8 Å². The molecule has 0 N–H and O–H groups in total. The number of hydrogen-bond donors (Lipinski definition) is 0. The van der Waals surface area contributed by atoms with Crippen LogP contribution >= 0.6 is 11.3 Å². The first-order valence-electron chi connectivity index (χ1n) is 5.43. The van der Waals surface area contributed by atoms with Gasteiger partial charge in [-0.1, -0.05) is 6.07 Å². The van der Waals surface area contributed by atoms with Crippen molar-refractivity contribution in [2.75, 3.05) is 20.1 Å². The van der Waals surface area contributed by atoms with Gasteiger partial charge in [-0.05, 0) is 30.5 Å². The molecule has 0 spiro atoms. The van der Waals surface area contributed by atoms with E-state index in [0.29, 0.717) is 0 Å². The fourth-order valence-corrected chi connectivity index (χ4v) is 2.12. The van der Waals surface area contributed by atoms with Crippen molar-refractivity contribution in [2.45, 2.75) is 0 Å². The summed E-state index contributed by atoms with van der Waals surface area (Å²) in [6.07, 6.45) is 1.77. The van der Waals surface area contributed by atoms with E-state index in [1.165, 1.54) is 0 Å². The Bertz CT molecular complexity index is 440. The molecule has 0 atom stereocenters. The second-order valence-electron chi connectivity index (χ2n) is 3.89. The van der Waals surface area contributed by atoms with Crippen LogP contribution in [-0.2, 0) is 18.9 Å². The van der Waals surface area contributed by atoms with E-state index >= 15 is 0 Å². The van der Waals surface area contributed by atoms with Crippen LogP contribution in [0, 0.1) is 0 Å². The second kappa shape index (κ2) is 5.84. The molecule has 7 heteroatoms. The molecule has 94 valence electrons. The molecule has 0 unspecified atom stereocenters. The molecule has 18 heavy (non-hydrogen) atoms. The number of carbonyl (C=O) groups excluding carboxylic acids is 2. The molecule has 1 saturated heterocycles. The Morgan fingerprint density at radius 3 is 2.56 bits per heavy atom. The van der Waals surface area contributed by atoms with Crippen LogP contribution in [-0.4, -0.2) is 44.1 Å². The normalized spacial score (nSPS) is 18.4. The molecule has 0 amide bonds. The largest absolute Gasteiger partial charge is 0.628 e. The van der Waals surface area contributed by atoms with Crippen molar-refractivity contribution in [1.82, 2.24) is 4.90 Å². The fourth-order valence-electron chi connectivity index (χ4n) is 1.49. The lowest BCUT2D eigenvalue weighted by Gasteiger charge is -2.21. The SMILES string of the molecule is CN1CC(=O)OB(/C=C/c2cccs2)OC(=O)C1. The third-order valence-electron chi connectivity index (χ3n) is 2.25. The lowest BCUT2D eigenvalue weighted by molar-refractivity contribution is -0.145. The van der Waals surface area contributed by atoms with E-state index in [0.717, 1.165) is 4.88 Å². The van der Waals surface area contributed by atoms with Crippen LogP contribution in [0.2, 0.25) is 0 Å². The van der Waals surface area contributed by atoms with Crippen LogP contribution in [0.15, 0.2) is 23.5 Å². The lowest BCUT2D eigenvalue weighted by atomic mass is 9.89. The average molecular weight is 265 g/mol. The molecule has 1 aromatic rings. The summed E-state index contributed by atoms with van der Waals surface area (Å²) in [5.74, 6) is 0.740. The lowest BCUT2D eigenvalue weighted by Crippen LogP contribution is -2.41. The van der Waals surface area contributed by atoms with Crippen LogP contribution in [0.5, 0.6) is 0 Å². The molecular weight excluding hydrogens is 253 g/mol. The molecule has 2 heterocycles. The summed E-state index contributed by atoms with van der Waals surface area (Å²) < 4.78 is 10.0. The van der Waals surface area contributed by atoms with Gasteiger partial charge >= 0.3 is 19.1 Å². The first kappa shape index (κ1) is 12.9. The van der Waals surface area contributed by atoms with Crippen LogP contribution in [0.3, 0.4) is 0 Å². The zero-order valence-electron chi connectivity index (χ0n) is 9.87. The first-order chi connectivity index (χ1) is 8.63. The monoisotopic (exact) mass is 265 g/mol. The standard InChI is InChI=1S/C11H12BNO4S/c1-13-7-10(14)16-12(17-11(15)8-13)5-4-9-3-2-6-18-9/h2-6H,7-8H2,1H3/b5-4+. The van der Waals surface area contributed by atoms with Crippen molar-refractivity contribution in [3.8, 4) is 0 Å². The molecule has 0 aliphatic carbocycles. The Balaban J connectivity index is 2.02. The van der Waals surface area contributed by atoms with Crippen molar-refractivity contribution in [3.05, 3.63) is 28.4 Å². The number of hydrogen-bond acceptors (Lipinski definition) is 6. The Hall–Kier alpha value is -1.60. The molecular formula is C11H12BNO4S.